The van der Waals surface area contributed by atoms with Crippen molar-refractivity contribution in [1.29, 1.82) is 5.26 Å². The van der Waals surface area contributed by atoms with Gasteiger partial charge < -0.3 is 14.4 Å². The highest BCUT2D eigenvalue weighted by Crippen LogP contribution is 2.25. The summed E-state index contributed by atoms with van der Waals surface area (Å²) in [5, 5.41) is 9.25. The fourth-order valence-electron chi connectivity index (χ4n) is 2.38. The number of piperidine rings is 1. The van der Waals surface area contributed by atoms with Crippen LogP contribution in [-0.2, 0) is 4.74 Å². The molecule has 1 aliphatic heterocycles. The number of likely N-dealkylation sites (tertiary alicyclic amines) is 1. The van der Waals surface area contributed by atoms with Gasteiger partial charge in [-0.05, 0) is 45.7 Å². The summed E-state index contributed by atoms with van der Waals surface area (Å²) in [4.78, 5) is 13.8. The molecule has 0 spiro atoms. The van der Waals surface area contributed by atoms with Gasteiger partial charge in [0.2, 0.25) is 0 Å². The number of benzene rings is 1. The minimum Gasteiger partial charge on any atom is -0.489 e. The largest absolute Gasteiger partial charge is 0.489 e. The van der Waals surface area contributed by atoms with Crippen LogP contribution in [0.3, 0.4) is 0 Å². The smallest absolute Gasteiger partial charge is 0.410 e. The molecule has 0 aromatic heterocycles. The molecule has 0 aliphatic carbocycles. The Labute approximate surface area is 141 Å². The van der Waals surface area contributed by atoms with E-state index in [9.17, 15) is 4.79 Å². The first-order valence-corrected chi connectivity index (χ1v) is 8.00. The Hall–Kier alpha value is -1.93. The molecule has 2 rings (SSSR count). The molecule has 0 bridgehead atoms. The van der Waals surface area contributed by atoms with Crippen molar-refractivity contribution in [3.05, 3.63) is 28.8 Å². The lowest BCUT2D eigenvalue weighted by Gasteiger charge is -2.34. The second-order valence-corrected chi connectivity index (χ2v) is 6.97. The monoisotopic (exact) mass is 336 g/mol. The molecule has 0 N–H and O–H groups in total. The zero-order chi connectivity index (χ0) is 17.0. The normalized spacial score (nSPS) is 18.2. The van der Waals surface area contributed by atoms with E-state index in [2.05, 4.69) is 0 Å². The molecule has 6 heteroatoms. The molecule has 5 nitrogen and oxygen atoms in total. The molecule has 1 aromatic carbocycles. The summed E-state index contributed by atoms with van der Waals surface area (Å²) in [6, 6.07) is 6.99. The number of nitrogens with zero attached hydrogens (tertiary/aromatic N) is 2. The van der Waals surface area contributed by atoms with E-state index in [4.69, 9.17) is 26.3 Å². The van der Waals surface area contributed by atoms with Gasteiger partial charge >= 0.3 is 6.09 Å². The summed E-state index contributed by atoms with van der Waals surface area (Å²) >= 11 is 6.01. The standard InChI is InChI=1S/C17H21ClN2O3/c1-17(2,3)23-16(21)20-8-4-5-14(11-20)22-13-7-6-12(10-19)15(18)9-13/h6-7,9,14H,4-5,8,11H2,1-3H3. The maximum Gasteiger partial charge on any atom is 0.410 e. The van der Waals surface area contributed by atoms with Gasteiger partial charge in [0.05, 0.1) is 17.1 Å². The zero-order valence-electron chi connectivity index (χ0n) is 13.6. The quantitative estimate of drug-likeness (QED) is 0.819. The van der Waals surface area contributed by atoms with Crippen molar-refractivity contribution in [3.8, 4) is 11.8 Å². The number of amides is 1. The maximum absolute atomic E-state index is 12.1. The number of hydrogen-bond acceptors (Lipinski definition) is 4. The Balaban J connectivity index is 1.98. The van der Waals surface area contributed by atoms with Crippen LogP contribution < -0.4 is 4.74 Å². The maximum atomic E-state index is 12.1. The average Bonchev–Trinajstić information content (AvgIpc) is 2.46. The number of rotatable bonds is 2. The molecule has 0 radical (unpaired) electrons. The third-order valence-corrected chi connectivity index (χ3v) is 3.71. The number of nitriles is 1. The minimum absolute atomic E-state index is 0.111. The summed E-state index contributed by atoms with van der Waals surface area (Å²) in [7, 11) is 0. The number of halogens is 1. The predicted molar refractivity (Wildman–Crippen MR) is 87.6 cm³/mol. The van der Waals surface area contributed by atoms with E-state index >= 15 is 0 Å². The van der Waals surface area contributed by atoms with E-state index in [-0.39, 0.29) is 12.2 Å². The van der Waals surface area contributed by atoms with Gasteiger partial charge in [0.15, 0.2) is 0 Å². The second kappa shape index (κ2) is 7.10. The van der Waals surface area contributed by atoms with Crippen LogP contribution in [-0.4, -0.2) is 35.8 Å². The van der Waals surface area contributed by atoms with Crippen LogP contribution in [0.15, 0.2) is 18.2 Å². The van der Waals surface area contributed by atoms with Crippen molar-refractivity contribution in [3.63, 3.8) is 0 Å². The van der Waals surface area contributed by atoms with Gasteiger partial charge in [0, 0.05) is 12.6 Å². The first kappa shape index (κ1) is 17.4. The highest BCUT2D eigenvalue weighted by atomic mass is 35.5. The van der Waals surface area contributed by atoms with E-state index in [1.807, 2.05) is 26.8 Å². The van der Waals surface area contributed by atoms with Crippen LogP contribution >= 0.6 is 11.6 Å². The molecule has 1 heterocycles. The lowest BCUT2D eigenvalue weighted by Crippen LogP contribution is -2.46. The first-order valence-electron chi connectivity index (χ1n) is 7.63. The van der Waals surface area contributed by atoms with E-state index in [1.54, 1.807) is 23.1 Å². The summed E-state index contributed by atoms with van der Waals surface area (Å²) < 4.78 is 11.3. The molecular formula is C17H21ClN2O3. The summed E-state index contributed by atoms with van der Waals surface area (Å²) in [6.07, 6.45) is 1.29. The van der Waals surface area contributed by atoms with Crippen molar-refractivity contribution < 1.29 is 14.3 Å². The van der Waals surface area contributed by atoms with Gasteiger partial charge in [0.1, 0.15) is 23.5 Å². The van der Waals surface area contributed by atoms with E-state index in [1.165, 1.54) is 0 Å². The Morgan fingerprint density at radius 3 is 2.78 bits per heavy atom. The fourth-order valence-corrected chi connectivity index (χ4v) is 2.59. The third-order valence-electron chi connectivity index (χ3n) is 3.39. The van der Waals surface area contributed by atoms with Crippen LogP contribution in [0.5, 0.6) is 5.75 Å². The Morgan fingerprint density at radius 2 is 2.17 bits per heavy atom. The van der Waals surface area contributed by atoms with Gasteiger partial charge in [-0.25, -0.2) is 4.79 Å². The molecular weight excluding hydrogens is 316 g/mol. The number of carbonyl (C=O) groups excluding carboxylic acids is 1. The third kappa shape index (κ3) is 5.04. The highest BCUT2D eigenvalue weighted by molar-refractivity contribution is 6.31. The van der Waals surface area contributed by atoms with Gasteiger partial charge in [-0.15, -0.1) is 0 Å². The van der Waals surface area contributed by atoms with Crippen LogP contribution in [0.2, 0.25) is 5.02 Å². The molecule has 1 aliphatic rings. The van der Waals surface area contributed by atoms with Crippen molar-refractivity contribution in [2.75, 3.05) is 13.1 Å². The molecule has 1 aromatic rings. The van der Waals surface area contributed by atoms with E-state index in [0.717, 1.165) is 12.8 Å². The Morgan fingerprint density at radius 1 is 1.43 bits per heavy atom. The van der Waals surface area contributed by atoms with Crippen molar-refractivity contribution >= 4 is 17.7 Å². The Bertz CT molecular complexity index is 619. The summed E-state index contributed by atoms with van der Waals surface area (Å²) in [6.45, 7) is 6.69. The molecule has 124 valence electrons. The first-order chi connectivity index (χ1) is 10.8. The molecule has 1 unspecified atom stereocenters. The zero-order valence-corrected chi connectivity index (χ0v) is 14.4. The topological polar surface area (TPSA) is 62.6 Å². The van der Waals surface area contributed by atoms with Gasteiger partial charge in [-0.1, -0.05) is 11.6 Å². The van der Waals surface area contributed by atoms with Crippen LogP contribution in [0.25, 0.3) is 0 Å². The lowest BCUT2D eigenvalue weighted by atomic mass is 10.1. The van der Waals surface area contributed by atoms with Crippen molar-refractivity contribution in [2.45, 2.75) is 45.3 Å². The van der Waals surface area contributed by atoms with E-state index in [0.29, 0.717) is 29.4 Å². The summed E-state index contributed by atoms with van der Waals surface area (Å²) in [5.41, 5.74) is -0.0935. The molecule has 1 atom stereocenters. The summed E-state index contributed by atoms with van der Waals surface area (Å²) in [5.74, 6) is 0.602. The van der Waals surface area contributed by atoms with Gasteiger partial charge in [0.25, 0.3) is 0 Å². The highest BCUT2D eigenvalue weighted by Gasteiger charge is 2.28. The molecule has 1 saturated heterocycles. The predicted octanol–water partition coefficient (Wildman–Crippen LogP) is 3.99. The van der Waals surface area contributed by atoms with Crippen molar-refractivity contribution in [1.82, 2.24) is 4.90 Å². The van der Waals surface area contributed by atoms with Gasteiger partial charge in [-0.3, -0.25) is 0 Å². The number of hydrogen-bond donors (Lipinski definition) is 0. The molecule has 23 heavy (non-hydrogen) atoms. The number of ether oxygens (including phenoxy) is 2. The fraction of sp³-hybridized carbons (Fsp3) is 0.529. The van der Waals surface area contributed by atoms with Crippen molar-refractivity contribution in [2.24, 2.45) is 0 Å². The SMILES string of the molecule is CC(C)(C)OC(=O)N1CCCC(Oc2ccc(C#N)c(Cl)c2)C1. The van der Waals surface area contributed by atoms with E-state index < -0.39 is 5.60 Å². The van der Waals surface area contributed by atoms with Crippen LogP contribution in [0.4, 0.5) is 4.79 Å². The molecule has 1 amide bonds. The minimum atomic E-state index is -0.508. The van der Waals surface area contributed by atoms with Gasteiger partial charge in [-0.2, -0.15) is 5.26 Å². The Kier molecular flexibility index (Phi) is 5.38. The van der Waals surface area contributed by atoms with Crippen LogP contribution in [0.1, 0.15) is 39.2 Å². The van der Waals surface area contributed by atoms with Crippen LogP contribution in [0, 0.1) is 11.3 Å². The molecule has 1 fully saturated rings. The lowest BCUT2D eigenvalue weighted by molar-refractivity contribution is 0.00776. The molecule has 0 saturated carbocycles. The average molecular weight is 337 g/mol. The second-order valence-electron chi connectivity index (χ2n) is 6.56. The number of carbonyl (C=O) groups is 1.